The number of benzene rings is 4. The molecule has 1 aliphatic carbocycles. The predicted molar refractivity (Wildman–Crippen MR) is 103 cm³/mol. The summed E-state index contributed by atoms with van der Waals surface area (Å²) in [6, 6.07) is 22.3. The normalized spacial score (nSPS) is 14.0. The second-order valence-electron chi connectivity index (χ2n) is 6.96. The minimum absolute atomic E-state index is 0.146. The summed E-state index contributed by atoms with van der Waals surface area (Å²) in [7, 11) is 0. The minimum atomic E-state index is -0.146. The van der Waals surface area contributed by atoms with Crippen molar-refractivity contribution in [2.24, 2.45) is 0 Å². The Morgan fingerprint density at radius 3 is 2.40 bits per heavy atom. The average Bonchev–Trinajstić information content (AvgIpc) is 2.67. The maximum Gasteiger partial charge on any atom is 0.131 e. The highest BCUT2D eigenvalue weighted by atomic mass is 19.1. The standard InChI is InChI=1S/C24H19F/c25-23-12-6-5-11-20(23)22-15-17-8-2-3-9-18(17)21-14-13-16-7-1-4-10-19(16)24(21)22/h2-3,5-6,8-9,11-15H,1,4,7,10H2. The smallest absolute Gasteiger partial charge is 0.131 e. The zero-order valence-corrected chi connectivity index (χ0v) is 14.1. The molecule has 0 aliphatic heterocycles. The summed E-state index contributed by atoms with van der Waals surface area (Å²) in [5.74, 6) is -0.146. The van der Waals surface area contributed by atoms with Crippen LogP contribution in [-0.4, -0.2) is 0 Å². The highest BCUT2D eigenvalue weighted by Crippen LogP contribution is 2.40. The summed E-state index contributed by atoms with van der Waals surface area (Å²) in [5.41, 5.74) is 4.60. The number of rotatable bonds is 1. The van der Waals surface area contributed by atoms with Gasteiger partial charge in [-0.1, -0.05) is 54.6 Å². The fraction of sp³-hybridized carbons (Fsp3) is 0.167. The molecule has 5 rings (SSSR count). The Balaban J connectivity index is 1.99. The SMILES string of the molecule is Fc1ccccc1-c1cc2ccccc2c2ccc3c(c12)CCCC3. The number of hydrogen-bond acceptors (Lipinski definition) is 0. The van der Waals surface area contributed by atoms with E-state index in [2.05, 4.69) is 42.5 Å². The van der Waals surface area contributed by atoms with Crippen LogP contribution >= 0.6 is 0 Å². The molecule has 0 saturated heterocycles. The van der Waals surface area contributed by atoms with Gasteiger partial charge in [0, 0.05) is 5.56 Å². The Bertz CT molecular complexity index is 1110. The van der Waals surface area contributed by atoms with Crippen molar-refractivity contribution >= 4 is 21.5 Å². The van der Waals surface area contributed by atoms with Crippen LogP contribution in [0.2, 0.25) is 0 Å². The maximum atomic E-state index is 14.6. The molecule has 0 aromatic heterocycles. The highest BCUT2D eigenvalue weighted by molar-refractivity contribution is 6.15. The third-order valence-corrected chi connectivity index (χ3v) is 5.52. The van der Waals surface area contributed by atoms with Gasteiger partial charge in [0.05, 0.1) is 0 Å². The molecule has 25 heavy (non-hydrogen) atoms. The summed E-state index contributed by atoms with van der Waals surface area (Å²) in [4.78, 5) is 0. The Labute approximate surface area is 146 Å². The molecular weight excluding hydrogens is 307 g/mol. The van der Waals surface area contributed by atoms with Gasteiger partial charge in [-0.15, -0.1) is 0 Å². The quantitative estimate of drug-likeness (QED) is 0.342. The summed E-state index contributed by atoms with van der Waals surface area (Å²) in [6.07, 6.45) is 4.69. The van der Waals surface area contributed by atoms with Crippen molar-refractivity contribution in [2.75, 3.05) is 0 Å². The zero-order chi connectivity index (χ0) is 16.8. The lowest BCUT2D eigenvalue weighted by atomic mass is 9.83. The summed E-state index contributed by atoms with van der Waals surface area (Å²) in [6.45, 7) is 0. The van der Waals surface area contributed by atoms with Gasteiger partial charge in [0.1, 0.15) is 5.82 Å². The van der Waals surface area contributed by atoms with Crippen LogP contribution in [0.3, 0.4) is 0 Å². The molecule has 4 aromatic carbocycles. The molecule has 0 saturated carbocycles. The fourth-order valence-corrected chi connectivity index (χ4v) is 4.35. The Morgan fingerprint density at radius 1 is 0.680 bits per heavy atom. The first-order valence-electron chi connectivity index (χ1n) is 9.04. The molecule has 0 heterocycles. The van der Waals surface area contributed by atoms with Gasteiger partial charge in [-0.3, -0.25) is 0 Å². The molecule has 0 atom stereocenters. The van der Waals surface area contributed by atoms with E-state index in [1.54, 1.807) is 12.1 Å². The third-order valence-electron chi connectivity index (χ3n) is 5.52. The van der Waals surface area contributed by atoms with Gasteiger partial charge >= 0.3 is 0 Å². The molecule has 1 heteroatoms. The van der Waals surface area contributed by atoms with Crippen LogP contribution in [-0.2, 0) is 12.8 Å². The van der Waals surface area contributed by atoms with Gasteiger partial charge in [-0.2, -0.15) is 0 Å². The summed E-state index contributed by atoms with van der Waals surface area (Å²) in [5, 5.41) is 4.92. The topological polar surface area (TPSA) is 0 Å². The van der Waals surface area contributed by atoms with Crippen molar-refractivity contribution in [1.82, 2.24) is 0 Å². The van der Waals surface area contributed by atoms with E-state index in [0.717, 1.165) is 18.4 Å². The van der Waals surface area contributed by atoms with E-state index in [9.17, 15) is 4.39 Å². The van der Waals surface area contributed by atoms with Crippen molar-refractivity contribution in [1.29, 1.82) is 0 Å². The van der Waals surface area contributed by atoms with Gasteiger partial charge < -0.3 is 0 Å². The number of halogens is 1. The van der Waals surface area contributed by atoms with Crippen LogP contribution in [0.4, 0.5) is 4.39 Å². The van der Waals surface area contributed by atoms with Gasteiger partial charge in [0.15, 0.2) is 0 Å². The lowest BCUT2D eigenvalue weighted by Crippen LogP contribution is -2.04. The van der Waals surface area contributed by atoms with Gasteiger partial charge in [-0.25, -0.2) is 4.39 Å². The van der Waals surface area contributed by atoms with E-state index >= 15 is 0 Å². The minimum Gasteiger partial charge on any atom is -0.206 e. The Morgan fingerprint density at radius 2 is 1.48 bits per heavy atom. The summed E-state index contributed by atoms with van der Waals surface area (Å²) < 4.78 is 14.6. The van der Waals surface area contributed by atoms with Crippen LogP contribution in [0.1, 0.15) is 24.0 Å². The van der Waals surface area contributed by atoms with E-state index < -0.39 is 0 Å². The molecule has 0 spiro atoms. The van der Waals surface area contributed by atoms with E-state index in [-0.39, 0.29) is 5.82 Å². The van der Waals surface area contributed by atoms with Crippen LogP contribution in [0.25, 0.3) is 32.7 Å². The van der Waals surface area contributed by atoms with Crippen LogP contribution in [0.15, 0.2) is 66.7 Å². The lowest BCUT2D eigenvalue weighted by Gasteiger charge is -2.21. The largest absolute Gasteiger partial charge is 0.206 e. The number of aryl methyl sites for hydroxylation is 2. The average molecular weight is 326 g/mol. The van der Waals surface area contributed by atoms with Crippen molar-refractivity contribution in [2.45, 2.75) is 25.7 Å². The van der Waals surface area contributed by atoms with Crippen molar-refractivity contribution in [3.05, 3.63) is 83.7 Å². The first-order valence-corrected chi connectivity index (χ1v) is 9.04. The fourth-order valence-electron chi connectivity index (χ4n) is 4.35. The van der Waals surface area contributed by atoms with E-state index in [4.69, 9.17) is 0 Å². The molecule has 122 valence electrons. The molecule has 0 nitrogen and oxygen atoms in total. The van der Waals surface area contributed by atoms with Crippen molar-refractivity contribution < 1.29 is 4.39 Å². The van der Waals surface area contributed by atoms with Crippen molar-refractivity contribution in [3.63, 3.8) is 0 Å². The molecule has 0 N–H and O–H groups in total. The second kappa shape index (κ2) is 5.70. The van der Waals surface area contributed by atoms with Crippen molar-refractivity contribution in [3.8, 4) is 11.1 Å². The monoisotopic (exact) mass is 326 g/mol. The van der Waals surface area contributed by atoms with Crippen LogP contribution < -0.4 is 0 Å². The lowest BCUT2D eigenvalue weighted by molar-refractivity contribution is 0.631. The molecule has 0 bridgehead atoms. The van der Waals surface area contributed by atoms with Crippen LogP contribution in [0.5, 0.6) is 0 Å². The molecule has 0 fully saturated rings. The molecule has 4 aromatic rings. The number of fused-ring (bicyclic) bond motifs is 5. The van der Waals surface area contributed by atoms with E-state index in [1.165, 1.54) is 45.5 Å². The van der Waals surface area contributed by atoms with E-state index in [0.29, 0.717) is 5.56 Å². The summed E-state index contributed by atoms with van der Waals surface area (Å²) >= 11 is 0. The first-order chi connectivity index (χ1) is 12.3. The Kier molecular flexibility index (Phi) is 3.34. The van der Waals surface area contributed by atoms with Crippen LogP contribution in [0, 0.1) is 5.82 Å². The molecule has 0 amide bonds. The predicted octanol–water partition coefficient (Wildman–Crippen LogP) is 6.68. The van der Waals surface area contributed by atoms with Gasteiger partial charge in [0.25, 0.3) is 0 Å². The second-order valence-corrected chi connectivity index (χ2v) is 6.96. The first kappa shape index (κ1) is 14.7. The third kappa shape index (κ3) is 2.26. The molecule has 0 radical (unpaired) electrons. The zero-order valence-electron chi connectivity index (χ0n) is 14.1. The molecular formula is C24H19F. The Hall–Kier alpha value is -2.67. The van der Waals surface area contributed by atoms with Gasteiger partial charge in [-0.05, 0) is 76.1 Å². The molecule has 0 unspecified atom stereocenters. The highest BCUT2D eigenvalue weighted by Gasteiger charge is 2.18. The number of hydrogen-bond donors (Lipinski definition) is 0. The maximum absolute atomic E-state index is 14.6. The van der Waals surface area contributed by atoms with Gasteiger partial charge in [0.2, 0.25) is 0 Å². The van der Waals surface area contributed by atoms with E-state index in [1.807, 2.05) is 12.1 Å². The molecule has 1 aliphatic rings.